The van der Waals surface area contributed by atoms with Gasteiger partial charge in [-0.3, -0.25) is 32.5 Å². The number of hydrogen-bond donors (Lipinski definition) is 4. The van der Waals surface area contributed by atoms with Crippen molar-refractivity contribution in [1.82, 2.24) is 0 Å². The second kappa shape index (κ2) is 86.8. The second-order valence-electron chi connectivity index (χ2n) is 30.0. The summed E-state index contributed by atoms with van der Waals surface area (Å²) in [6.07, 6.45) is 109. The molecule has 18 heteroatoms. The number of phosphoric acid groups is 2. The van der Waals surface area contributed by atoms with Crippen LogP contribution in [0.15, 0.2) is 146 Å². The van der Waals surface area contributed by atoms with Gasteiger partial charge in [-0.25, -0.2) is 9.13 Å². The lowest BCUT2D eigenvalue weighted by atomic mass is 10.0. The summed E-state index contributed by atoms with van der Waals surface area (Å²) in [7, 11) is -9.81. The van der Waals surface area contributed by atoms with Gasteiger partial charge in [-0.15, -0.1) is 0 Å². The number of phosphoric ester groups is 2. The molecule has 5 unspecified atom stereocenters. The van der Waals surface area contributed by atoms with Crippen molar-refractivity contribution < 1.29 is 75.8 Å². The lowest BCUT2D eigenvalue weighted by molar-refractivity contribution is -0.161. The fourth-order valence-corrected chi connectivity index (χ4v) is 13.7. The number of allylic oxidation sites excluding steroid dienone is 24. The molecule has 0 aromatic rings. The largest absolute Gasteiger partial charge is 0.472 e. The van der Waals surface area contributed by atoms with Crippen molar-refractivity contribution in [3.8, 4) is 0 Å². The predicted octanol–water partition coefficient (Wildman–Crippen LogP) is 27.6. The Morgan fingerprint density at radius 1 is 0.248 bits per heavy atom. The van der Waals surface area contributed by atoms with Gasteiger partial charge in [-0.2, -0.15) is 0 Å². The second-order valence-corrected chi connectivity index (χ2v) is 32.9. The van der Waals surface area contributed by atoms with Crippen LogP contribution in [0.2, 0.25) is 0 Å². The molecule has 0 heterocycles. The summed E-state index contributed by atoms with van der Waals surface area (Å²) in [5.41, 5.74) is 0. The Balaban J connectivity index is 4.61. The lowest BCUT2D eigenvalue weighted by Gasteiger charge is -2.21. The Kier molecular flexibility index (Phi) is 83.3. The van der Waals surface area contributed by atoms with Crippen molar-refractivity contribution in [2.75, 3.05) is 39.6 Å². The van der Waals surface area contributed by atoms with Crippen LogP contribution in [0.3, 0.4) is 0 Å². The average molecular weight is 1620 g/mol. The Hall–Kier alpha value is -4.57. The van der Waals surface area contributed by atoms with E-state index in [0.717, 1.165) is 167 Å². The van der Waals surface area contributed by atoms with E-state index in [0.29, 0.717) is 19.3 Å². The minimum atomic E-state index is -4.95. The standard InChI is InChI=1S/C95H164O16P2/c1-4-7-10-13-16-19-22-25-28-31-34-37-40-41-42-43-44-45-46-47-50-52-54-57-60-63-66-69-72-75-78-81-93(98)105-84-90(96)85-107-112(101,102)108-86-91(97)87-109-113(103,104)110-89-92(111-95(100)83-80-77-74-71-68-65-62-59-56-53-49-39-36-33-30-27-24-21-18-15-12-9-6-3)88-106-94(99)82-79-76-73-70-67-64-61-58-55-51-48-38-35-32-29-26-23-20-17-14-11-8-5-2/h16-21,25-30,34-39,41-42,51,53,55-56,90-92,96-97H,4-15,22-24,31-33,40,43-50,52,54,57-89H2,1-3H3,(H,101,102)(H,103,104)/b19-16-,20-17-,21-18-,28-25-,29-26-,30-27-,37-34-,38-35-,39-36-,42-41-,55-51-,56-53-. The van der Waals surface area contributed by atoms with Gasteiger partial charge in [0, 0.05) is 19.3 Å². The quantitative estimate of drug-likeness (QED) is 0.0146. The van der Waals surface area contributed by atoms with Crippen LogP contribution in [-0.4, -0.2) is 95.9 Å². The molecule has 0 amide bonds. The molecule has 0 bridgehead atoms. The summed E-state index contributed by atoms with van der Waals surface area (Å²) in [5, 5.41) is 20.7. The van der Waals surface area contributed by atoms with Gasteiger partial charge in [0.05, 0.1) is 26.4 Å². The van der Waals surface area contributed by atoms with Crippen LogP contribution in [0, 0.1) is 0 Å². The minimum Gasteiger partial charge on any atom is -0.463 e. The molecule has 0 aliphatic rings. The summed E-state index contributed by atoms with van der Waals surface area (Å²) < 4.78 is 61.4. The van der Waals surface area contributed by atoms with Crippen molar-refractivity contribution >= 4 is 33.6 Å². The van der Waals surface area contributed by atoms with Crippen LogP contribution < -0.4 is 0 Å². The SMILES string of the molecule is CCCCC/C=C\C/C=C\C/C=C\C/C=C\CCCCCCCCCCCCCCCCCC(=O)OCC(O)COP(=O)(O)OCC(O)COP(=O)(O)OCC(COC(=O)CCCCCCCCC/C=C\C/C=C\C/C=C\C/C=C\CCCCC)OC(=O)CCCCCCCCC/C=C\C/C=C\C/C=C\C/C=C\CCCCC. The lowest BCUT2D eigenvalue weighted by Crippen LogP contribution is -2.30. The number of aliphatic hydroxyl groups excluding tert-OH is 2. The smallest absolute Gasteiger partial charge is 0.463 e. The van der Waals surface area contributed by atoms with E-state index in [2.05, 4.69) is 167 Å². The van der Waals surface area contributed by atoms with Crippen molar-refractivity contribution in [3.05, 3.63) is 146 Å². The molecule has 0 aromatic carbocycles. The van der Waals surface area contributed by atoms with E-state index in [1.54, 1.807) is 0 Å². The van der Waals surface area contributed by atoms with Crippen molar-refractivity contribution in [1.29, 1.82) is 0 Å². The van der Waals surface area contributed by atoms with E-state index in [1.165, 1.54) is 154 Å². The first-order chi connectivity index (χ1) is 55.2. The summed E-state index contributed by atoms with van der Waals surface area (Å²) >= 11 is 0. The first-order valence-electron chi connectivity index (χ1n) is 45.1. The summed E-state index contributed by atoms with van der Waals surface area (Å²) in [4.78, 5) is 59.0. The van der Waals surface area contributed by atoms with E-state index in [1.807, 2.05) is 0 Å². The third-order valence-electron chi connectivity index (χ3n) is 19.0. The van der Waals surface area contributed by atoms with Gasteiger partial charge in [-0.05, 0) is 154 Å². The highest BCUT2D eigenvalue weighted by atomic mass is 31.2. The van der Waals surface area contributed by atoms with Crippen LogP contribution in [-0.2, 0) is 55.8 Å². The molecule has 0 saturated heterocycles. The molecule has 650 valence electrons. The maximum atomic E-state index is 13.1. The van der Waals surface area contributed by atoms with Crippen LogP contribution in [0.5, 0.6) is 0 Å². The highest BCUT2D eigenvalue weighted by Crippen LogP contribution is 2.45. The first kappa shape index (κ1) is 108. The van der Waals surface area contributed by atoms with Gasteiger partial charge < -0.3 is 34.2 Å². The minimum absolute atomic E-state index is 0.0862. The van der Waals surface area contributed by atoms with Gasteiger partial charge in [0.2, 0.25) is 0 Å². The molecule has 0 saturated carbocycles. The molecule has 0 aliphatic heterocycles. The third kappa shape index (κ3) is 88.1. The molecule has 0 spiro atoms. The van der Waals surface area contributed by atoms with E-state index < -0.39 is 91.5 Å². The van der Waals surface area contributed by atoms with Gasteiger partial charge in [0.1, 0.15) is 25.4 Å². The molecule has 0 aromatic heterocycles. The number of unbranched alkanes of at least 4 members (excludes halogenated alkanes) is 38. The number of esters is 3. The molecule has 0 radical (unpaired) electrons. The Bertz CT molecular complexity index is 2630. The molecule has 16 nitrogen and oxygen atoms in total. The highest BCUT2D eigenvalue weighted by Gasteiger charge is 2.29. The predicted molar refractivity (Wildman–Crippen MR) is 473 cm³/mol. The molecule has 113 heavy (non-hydrogen) atoms. The van der Waals surface area contributed by atoms with Crippen molar-refractivity contribution in [2.24, 2.45) is 0 Å². The normalized spacial score (nSPS) is 14.5. The molecule has 0 fully saturated rings. The Labute approximate surface area is 689 Å². The van der Waals surface area contributed by atoms with Crippen LogP contribution >= 0.6 is 15.6 Å². The number of carbonyl (C=O) groups is 3. The Morgan fingerprint density at radius 3 is 0.699 bits per heavy atom. The van der Waals surface area contributed by atoms with Crippen LogP contribution in [0.1, 0.15) is 380 Å². The molecule has 5 atom stereocenters. The number of hydrogen-bond acceptors (Lipinski definition) is 14. The van der Waals surface area contributed by atoms with Gasteiger partial charge >= 0.3 is 33.6 Å². The summed E-state index contributed by atoms with van der Waals surface area (Å²) in [5.74, 6) is -1.59. The molecule has 0 aliphatic carbocycles. The summed E-state index contributed by atoms with van der Waals surface area (Å²) in [6.45, 7) is 2.62. The van der Waals surface area contributed by atoms with Gasteiger partial charge in [0.15, 0.2) is 6.10 Å². The van der Waals surface area contributed by atoms with Crippen LogP contribution in [0.4, 0.5) is 0 Å². The fourth-order valence-electron chi connectivity index (χ4n) is 12.1. The van der Waals surface area contributed by atoms with Crippen molar-refractivity contribution in [2.45, 2.75) is 399 Å². The average Bonchev–Trinajstić information content (AvgIpc) is 0.903. The number of aliphatic hydroxyl groups is 2. The van der Waals surface area contributed by atoms with Gasteiger partial charge in [-0.1, -0.05) is 353 Å². The van der Waals surface area contributed by atoms with E-state index in [4.69, 9.17) is 32.3 Å². The number of carbonyl (C=O) groups excluding carboxylic acids is 3. The van der Waals surface area contributed by atoms with E-state index in [-0.39, 0.29) is 19.3 Å². The molecular formula is C95H164O16P2. The zero-order valence-corrected chi connectivity index (χ0v) is 73.3. The fraction of sp³-hybridized carbons (Fsp3) is 0.716. The Morgan fingerprint density at radius 2 is 0.442 bits per heavy atom. The molecule has 0 rings (SSSR count). The first-order valence-corrected chi connectivity index (χ1v) is 48.1. The monoisotopic (exact) mass is 1620 g/mol. The molecule has 4 N–H and O–H groups in total. The van der Waals surface area contributed by atoms with E-state index >= 15 is 0 Å². The third-order valence-corrected chi connectivity index (χ3v) is 20.9. The zero-order chi connectivity index (χ0) is 82.2. The maximum Gasteiger partial charge on any atom is 0.472 e. The van der Waals surface area contributed by atoms with Crippen LogP contribution in [0.25, 0.3) is 0 Å². The maximum absolute atomic E-state index is 13.1. The number of rotatable bonds is 85. The summed E-state index contributed by atoms with van der Waals surface area (Å²) in [6, 6.07) is 0. The topological polar surface area (TPSA) is 231 Å². The molecular weight excluding hydrogens is 1460 g/mol. The highest BCUT2D eigenvalue weighted by molar-refractivity contribution is 7.47. The van der Waals surface area contributed by atoms with Crippen molar-refractivity contribution in [3.63, 3.8) is 0 Å². The van der Waals surface area contributed by atoms with E-state index in [9.17, 15) is 43.5 Å². The number of ether oxygens (including phenoxy) is 3. The van der Waals surface area contributed by atoms with Gasteiger partial charge in [0.25, 0.3) is 0 Å². The zero-order valence-electron chi connectivity index (χ0n) is 71.5.